The van der Waals surface area contributed by atoms with Gasteiger partial charge in [-0.3, -0.25) is 4.79 Å². The average molecular weight is 460 g/mol. The summed E-state index contributed by atoms with van der Waals surface area (Å²) in [5.74, 6) is -0.470. The number of anilines is 1. The second-order valence-corrected chi connectivity index (χ2v) is 9.38. The van der Waals surface area contributed by atoms with Crippen molar-refractivity contribution in [3.05, 3.63) is 23.4 Å². The number of urea groups is 1. The van der Waals surface area contributed by atoms with E-state index in [4.69, 9.17) is 4.98 Å². The number of carboxylic acid groups (broad SMARTS) is 1. The van der Waals surface area contributed by atoms with Crippen LogP contribution in [0.4, 0.5) is 10.6 Å². The largest absolute Gasteiger partial charge is 0.480 e. The number of aliphatic hydroxyl groups is 1. The molecule has 0 spiro atoms. The number of hydrogen-bond acceptors (Lipinski definition) is 6. The first kappa shape index (κ1) is 23.3. The summed E-state index contributed by atoms with van der Waals surface area (Å²) in [6.45, 7) is 3.95. The van der Waals surface area contributed by atoms with E-state index >= 15 is 0 Å². The van der Waals surface area contributed by atoms with Crippen molar-refractivity contribution in [2.45, 2.75) is 63.0 Å². The molecule has 2 fully saturated rings. The number of nitrogens with zero attached hydrogens (tertiary/aromatic N) is 3. The highest BCUT2D eigenvalue weighted by atomic mass is 16.4. The van der Waals surface area contributed by atoms with Crippen LogP contribution >= 0.6 is 0 Å². The Morgan fingerprint density at radius 1 is 1.15 bits per heavy atom. The number of aromatic nitrogens is 1. The van der Waals surface area contributed by atoms with Crippen molar-refractivity contribution < 1.29 is 24.6 Å². The normalized spacial score (nSPS) is 21.5. The summed E-state index contributed by atoms with van der Waals surface area (Å²) >= 11 is 0. The van der Waals surface area contributed by atoms with E-state index in [1.165, 1.54) is 12.5 Å². The number of carbonyl (C=O) groups excluding carboxylic acids is 2. The van der Waals surface area contributed by atoms with Crippen LogP contribution in [0, 0.1) is 0 Å². The second-order valence-electron chi connectivity index (χ2n) is 9.38. The number of carboxylic acids is 1. The lowest BCUT2D eigenvalue weighted by molar-refractivity contribution is -0.152. The molecule has 0 saturated carbocycles. The number of fused-ring (bicyclic) bond motifs is 1. The summed E-state index contributed by atoms with van der Waals surface area (Å²) < 4.78 is 0. The van der Waals surface area contributed by atoms with E-state index in [9.17, 15) is 24.6 Å². The van der Waals surface area contributed by atoms with Crippen LogP contribution in [0.2, 0.25) is 0 Å². The first-order valence-corrected chi connectivity index (χ1v) is 11.8. The van der Waals surface area contributed by atoms with Gasteiger partial charge in [-0.2, -0.15) is 0 Å². The fraction of sp³-hybridized carbons (Fsp3) is 0.652. The fourth-order valence-corrected chi connectivity index (χ4v) is 5.14. The third-order valence-corrected chi connectivity index (χ3v) is 7.13. The van der Waals surface area contributed by atoms with Gasteiger partial charge in [-0.25, -0.2) is 14.6 Å². The lowest BCUT2D eigenvalue weighted by Crippen LogP contribution is -2.62. The van der Waals surface area contributed by atoms with E-state index in [-0.39, 0.29) is 32.0 Å². The average Bonchev–Trinajstić information content (AvgIpc) is 2.82. The van der Waals surface area contributed by atoms with E-state index in [0.717, 1.165) is 43.7 Å². The van der Waals surface area contributed by atoms with Gasteiger partial charge in [0.05, 0.1) is 5.60 Å². The van der Waals surface area contributed by atoms with Crippen molar-refractivity contribution in [2.75, 3.05) is 38.0 Å². The molecule has 0 unspecified atom stereocenters. The molecule has 3 amide bonds. The minimum Gasteiger partial charge on any atom is -0.480 e. The topological polar surface area (TPSA) is 135 Å². The smallest absolute Gasteiger partial charge is 0.329 e. The number of pyridine rings is 1. The Hall–Kier alpha value is -2.88. The van der Waals surface area contributed by atoms with Gasteiger partial charge in [-0.15, -0.1) is 0 Å². The second kappa shape index (κ2) is 9.54. The summed E-state index contributed by atoms with van der Waals surface area (Å²) in [6, 6.07) is 2.82. The molecule has 3 aliphatic heterocycles. The molecule has 0 aliphatic carbocycles. The van der Waals surface area contributed by atoms with Crippen molar-refractivity contribution in [1.29, 1.82) is 0 Å². The molecule has 1 atom stereocenters. The van der Waals surface area contributed by atoms with Crippen LogP contribution in [0.3, 0.4) is 0 Å². The highest BCUT2D eigenvalue weighted by molar-refractivity contribution is 5.83. The van der Waals surface area contributed by atoms with Crippen LogP contribution in [0.5, 0.6) is 0 Å². The molecule has 4 rings (SSSR count). The Labute approximate surface area is 193 Å². The van der Waals surface area contributed by atoms with Gasteiger partial charge >= 0.3 is 12.0 Å². The van der Waals surface area contributed by atoms with Gasteiger partial charge in [-0.1, -0.05) is 6.07 Å². The number of rotatable bonds is 4. The first-order chi connectivity index (χ1) is 15.8. The maximum atomic E-state index is 13.0. The minimum atomic E-state index is -1.58. The van der Waals surface area contributed by atoms with Crippen molar-refractivity contribution in [1.82, 2.24) is 20.1 Å². The molecule has 2 saturated heterocycles. The Kier molecular flexibility index (Phi) is 6.73. The van der Waals surface area contributed by atoms with Crippen LogP contribution in [0.1, 0.15) is 56.2 Å². The van der Waals surface area contributed by atoms with Crippen molar-refractivity contribution in [3.63, 3.8) is 0 Å². The molecule has 0 radical (unpaired) electrons. The standard InChI is InChI=1S/C23H33N5O5/c1-15(29)25-19(21(30)31)23(33)8-13-28(14-9-23)22(32)27-11-6-16(7-12-27)18-5-4-17-3-2-10-24-20(17)26-18/h4-5,16,19,33H,2-3,6-14H2,1H3,(H,24,26)(H,25,29)(H,30,31)/t19-/m0/s1. The Morgan fingerprint density at radius 2 is 1.82 bits per heavy atom. The van der Waals surface area contributed by atoms with E-state index in [1.54, 1.807) is 4.90 Å². The summed E-state index contributed by atoms with van der Waals surface area (Å²) in [7, 11) is 0. The fourth-order valence-electron chi connectivity index (χ4n) is 5.14. The lowest BCUT2D eigenvalue weighted by atomic mass is 9.84. The lowest BCUT2D eigenvalue weighted by Gasteiger charge is -2.43. The highest BCUT2D eigenvalue weighted by Gasteiger charge is 2.45. The molecule has 10 heteroatoms. The molecule has 0 bridgehead atoms. The molecule has 0 aromatic carbocycles. The van der Waals surface area contributed by atoms with E-state index in [1.807, 2.05) is 4.90 Å². The summed E-state index contributed by atoms with van der Waals surface area (Å²) in [5, 5.41) is 26.0. The van der Waals surface area contributed by atoms with Crippen LogP contribution in [-0.2, 0) is 16.0 Å². The SMILES string of the molecule is CC(=O)N[C@@H](C(=O)O)C1(O)CCN(C(=O)N2CCC(c3ccc4c(n3)NCCC4)CC2)CC1. The number of amides is 3. The summed E-state index contributed by atoms with van der Waals surface area (Å²) in [4.78, 5) is 44.3. The maximum Gasteiger partial charge on any atom is 0.329 e. The predicted octanol–water partition coefficient (Wildman–Crippen LogP) is 1.16. The molecule has 180 valence electrons. The molecular weight excluding hydrogens is 426 g/mol. The molecule has 3 aliphatic rings. The highest BCUT2D eigenvalue weighted by Crippen LogP contribution is 2.31. The van der Waals surface area contributed by atoms with Crippen LogP contribution < -0.4 is 10.6 Å². The van der Waals surface area contributed by atoms with Crippen molar-refractivity contribution in [3.8, 4) is 0 Å². The van der Waals surface area contributed by atoms with E-state index in [0.29, 0.717) is 19.0 Å². The van der Waals surface area contributed by atoms with Gasteiger partial charge in [0.1, 0.15) is 5.82 Å². The molecular formula is C23H33N5O5. The van der Waals surface area contributed by atoms with Gasteiger partial charge < -0.3 is 30.6 Å². The Bertz CT molecular complexity index is 907. The number of aliphatic carboxylic acids is 1. The quantitative estimate of drug-likeness (QED) is 0.531. The van der Waals surface area contributed by atoms with Gasteiger partial charge in [0, 0.05) is 51.3 Å². The van der Waals surface area contributed by atoms with Crippen molar-refractivity contribution in [2.24, 2.45) is 0 Å². The Morgan fingerprint density at radius 3 is 2.45 bits per heavy atom. The number of carbonyl (C=O) groups is 3. The summed E-state index contributed by atoms with van der Waals surface area (Å²) in [6.07, 6.45) is 4.08. The third kappa shape index (κ3) is 5.05. The van der Waals surface area contributed by atoms with Crippen LogP contribution in [-0.4, -0.2) is 87.3 Å². The molecule has 1 aromatic rings. The summed E-state index contributed by atoms with van der Waals surface area (Å²) in [5.41, 5.74) is 0.773. The zero-order valence-electron chi connectivity index (χ0n) is 19.0. The maximum absolute atomic E-state index is 13.0. The molecule has 4 N–H and O–H groups in total. The zero-order valence-corrected chi connectivity index (χ0v) is 19.0. The number of hydrogen-bond donors (Lipinski definition) is 4. The van der Waals surface area contributed by atoms with Gasteiger partial charge in [0.2, 0.25) is 5.91 Å². The molecule has 33 heavy (non-hydrogen) atoms. The third-order valence-electron chi connectivity index (χ3n) is 7.13. The van der Waals surface area contributed by atoms with Gasteiger partial charge in [-0.05, 0) is 50.2 Å². The van der Waals surface area contributed by atoms with E-state index < -0.39 is 23.5 Å². The molecule has 10 nitrogen and oxygen atoms in total. The molecule has 1 aromatic heterocycles. The van der Waals surface area contributed by atoms with Gasteiger partial charge in [0.25, 0.3) is 0 Å². The van der Waals surface area contributed by atoms with E-state index in [2.05, 4.69) is 22.8 Å². The number of nitrogens with one attached hydrogen (secondary N) is 2. The predicted molar refractivity (Wildman–Crippen MR) is 121 cm³/mol. The Balaban J connectivity index is 1.31. The zero-order chi connectivity index (χ0) is 23.6. The number of aryl methyl sites for hydroxylation is 1. The van der Waals surface area contributed by atoms with Gasteiger partial charge in [0.15, 0.2) is 6.04 Å². The van der Waals surface area contributed by atoms with Crippen LogP contribution in [0.15, 0.2) is 12.1 Å². The van der Waals surface area contributed by atoms with Crippen molar-refractivity contribution >= 4 is 23.7 Å². The first-order valence-electron chi connectivity index (χ1n) is 11.8. The van der Waals surface area contributed by atoms with Crippen LogP contribution in [0.25, 0.3) is 0 Å². The molecule has 4 heterocycles. The number of likely N-dealkylation sites (tertiary alicyclic amines) is 2. The monoisotopic (exact) mass is 459 g/mol. The minimum absolute atomic E-state index is 0.0815. The number of piperidine rings is 2.